The smallest absolute Gasteiger partial charge is 0.312 e. The maximum atomic E-state index is 13.3. The summed E-state index contributed by atoms with van der Waals surface area (Å²) >= 11 is 0. The van der Waals surface area contributed by atoms with Gasteiger partial charge in [0.05, 0.1) is 24.5 Å². The van der Waals surface area contributed by atoms with Gasteiger partial charge in [0.25, 0.3) is 0 Å². The van der Waals surface area contributed by atoms with Crippen LogP contribution in [0.15, 0.2) is 0 Å². The fourth-order valence-electron chi connectivity index (χ4n) is 4.88. The lowest BCUT2D eigenvalue weighted by Crippen LogP contribution is -2.58. The number of carbonyl (C=O) groups excluding carboxylic acids is 3. The Kier molecular flexibility index (Phi) is 5.24. The van der Waals surface area contributed by atoms with Crippen molar-refractivity contribution in [3.05, 3.63) is 0 Å². The number of hydrogen-bond acceptors (Lipinski definition) is 6. The molecule has 1 spiro atoms. The number of nitrogens with zero attached hydrogens (tertiary/aromatic N) is 1. The SMILES string of the molecule is CCOC(=O)[C@@H]1[C@@H]2CC[C@]3(O2)[C@H](C(=O)NC(C)(C)C)N(CCCO)C(=O)[C@@H]13. The van der Waals surface area contributed by atoms with Gasteiger partial charge in [0.15, 0.2) is 0 Å². The third-order valence-corrected chi connectivity index (χ3v) is 5.66. The van der Waals surface area contributed by atoms with Crippen molar-refractivity contribution in [2.75, 3.05) is 19.8 Å². The summed E-state index contributed by atoms with van der Waals surface area (Å²) in [5.41, 5.74) is -1.46. The molecule has 3 heterocycles. The first-order valence-electron chi connectivity index (χ1n) is 9.74. The van der Waals surface area contributed by atoms with Crippen molar-refractivity contribution in [1.82, 2.24) is 10.2 Å². The average molecular weight is 382 g/mol. The van der Waals surface area contributed by atoms with Crippen LogP contribution in [0.2, 0.25) is 0 Å². The molecular weight excluding hydrogens is 352 g/mol. The third kappa shape index (κ3) is 3.23. The van der Waals surface area contributed by atoms with Gasteiger partial charge in [0, 0.05) is 18.7 Å². The molecule has 2 amide bonds. The first kappa shape index (κ1) is 20.1. The maximum Gasteiger partial charge on any atom is 0.312 e. The first-order chi connectivity index (χ1) is 12.7. The molecule has 27 heavy (non-hydrogen) atoms. The Balaban J connectivity index is 1.97. The lowest BCUT2D eigenvalue weighted by atomic mass is 9.70. The molecule has 3 fully saturated rings. The normalized spacial score (nSPS) is 34.7. The molecule has 5 atom stereocenters. The topological polar surface area (TPSA) is 105 Å². The van der Waals surface area contributed by atoms with Crippen LogP contribution in [0.5, 0.6) is 0 Å². The number of esters is 1. The van der Waals surface area contributed by atoms with Gasteiger partial charge in [-0.3, -0.25) is 14.4 Å². The van der Waals surface area contributed by atoms with Gasteiger partial charge in [-0.25, -0.2) is 0 Å². The van der Waals surface area contributed by atoms with E-state index in [1.807, 2.05) is 20.8 Å². The molecule has 3 saturated heterocycles. The molecule has 0 aromatic rings. The minimum absolute atomic E-state index is 0.0835. The van der Waals surface area contributed by atoms with E-state index in [1.165, 1.54) is 4.90 Å². The second-order valence-corrected chi connectivity index (χ2v) is 8.66. The molecule has 0 radical (unpaired) electrons. The number of fused-ring (bicyclic) bond motifs is 1. The lowest BCUT2D eigenvalue weighted by molar-refractivity contribution is -0.154. The number of likely N-dealkylation sites (tertiary alicyclic amines) is 1. The Labute approximate surface area is 159 Å². The molecule has 8 nitrogen and oxygen atoms in total. The standard InChI is InChI=1S/C19H30N2O6/c1-5-26-17(25)12-11-7-8-19(27-11)13(12)16(24)21(9-6-10-22)14(19)15(23)20-18(2,3)4/h11-14,22H,5-10H2,1-4H3,(H,20,23)/t11-,12+,13+,14-,19+/m0/s1. The van der Waals surface area contributed by atoms with Crippen molar-refractivity contribution in [1.29, 1.82) is 0 Å². The monoisotopic (exact) mass is 382 g/mol. The predicted octanol–water partition coefficient (Wildman–Crippen LogP) is 0.221. The fourth-order valence-corrected chi connectivity index (χ4v) is 4.88. The second kappa shape index (κ2) is 7.05. The van der Waals surface area contributed by atoms with Crippen LogP contribution in [-0.4, -0.2) is 70.8 Å². The van der Waals surface area contributed by atoms with Crippen molar-refractivity contribution in [2.45, 2.75) is 70.2 Å². The van der Waals surface area contributed by atoms with Crippen LogP contribution in [0.3, 0.4) is 0 Å². The maximum absolute atomic E-state index is 13.3. The summed E-state index contributed by atoms with van der Waals surface area (Å²) in [5.74, 6) is -2.33. The van der Waals surface area contributed by atoms with Gasteiger partial charge >= 0.3 is 5.97 Å². The number of nitrogens with one attached hydrogen (secondary N) is 1. The predicted molar refractivity (Wildman–Crippen MR) is 95.6 cm³/mol. The number of rotatable bonds is 6. The number of aliphatic hydroxyl groups is 1. The van der Waals surface area contributed by atoms with E-state index in [0.717, 1.165) is 0 Å². The Bertz CT molecular complexity index is 630. The number of ether oxygens (including phenoxy) is 2. The first-order valence-corrected chi connectivity index (χ1v) is 9.74. The van der Waals surface area contributed by atoms with Crippen LogP contribution >= 0.6 is 0 Å². The highest BCUT2D eigenvalue weighted by atomic mass is 16.6. The van der Waals surface area contributed by atoms with E-state index in [2.05, 4.69) is 5.32 Å². The summed E-state index contributed by atoms with van der Waals surface area (Å²) in [4.78, 5) is 40.4. The van der Waals surface area contributed by atoms with Gasteiger partial charge in [-0.15, -0.1) is 0 Å². The Hall–Kier alpha value is -1.67. The van der Waals surface area contributed by atoms with Gasteiger partial charge in [-0.2, -0.15) is 0 Å². The summed E-state index contributed by atoms with van der Waals surface area (Å²) in [6.07, 6.45) is 1.16. The lowest BCUT2D eigenvalue weighted by Gasteiger charge is -2.35. The molecular formula is C19H30N2O6. The highest BCUT2D eigenvalue weighted by Crippen LogP contribution is 2.58. The molecule has 2 bridgehead atoms. The molecule has 3 rings (SSSR count). The van der Waals surface area contributed by atoms with Crippen molar-refractivity contribution in [3.8, 4) is 0 Å². The Morgan fingerprint density at radius 2 is 2.11 bits per heavy atom. The van der Waals surface area contributed by atoms with E-state index in [0.29, 0.717) is 19.3 Å². The molecule has 0 saturated carbocycles. The number of amides is 2. The largest absolute Gasteiger partial charge is 0.466 e. The van der Waals surface area contributed by atoms with E-state index in [9.17, 15) is 19.5 Å². The van der Waals surface area contributed by atoms with E-state index in [1.54, 1.807) is 6.92 Å². The molecule has 0 aromatic carbocycles. The second-order valence-electron chi connectivity index (χ2n) is 8.66. The van der Waals surface area contributed by atoms with Crippen LogP contribution in [0.4, 0.5) is 0 Å². The molecule has 152 valence electrons. The zero-order chi connectivity index (χ0) is 20.0. The Morgan fingerprint density at radius 3 is 2.70 bits per heavy atom. The van der Waals surface area contributed by atoms with Gasteiger partial charge in [0.2, 0.25) is 11.8 Å². The zero-order valence-corrected chi connectivity index (χ0v) is 16.5. The highest BCUT2D eigenvalue weighted by molar-refractivity contribution is 5.98. The van der Waals surface area contributed by atoms with Gasteiger partial charge in [-0.1, -0.05) is 0 Å². The number of carbonyl (C=O) groups is 3. The fraction of sp³-hybridized carbons (Fsp3) is 0.842. The van der Waals surface area contributed by atoms with Crippen molar-refractivity contribution >= 4 is 17.8 Å². The van der Waals surface area contributed by atoms with E-state index >= 15 is 0 Å². The number of hydrogen-bond donors (Lipinski definition) is 2. The summed E-state index contributed by atoms with van der Waals surface area (Å²) in [6.45, 7) is 7.76. The van der Waals surface area contributed by atoms with Crippen molar-refractivity contribution < 1.29 is 29.0 Å². The minimum Gasteiger partial charge on any atom is -0.466 e. The molecule has 8 heteroatoms. The zero-order valence-electron chi connectivity index (χ0n) is 16.5. The van der Waals surface area contributed by atoms with Gasteiger partial charge < -0.3 is 24.8 Å². The molecule has 0 aliphatic carbocycles. The number of aliphatic hydroxyl groups excluding tert-OH is 1. The van der Waals surface area contributed by atoms with Crippen molar-refractivity contribution in [2.24, 2.45) is 11.8 Å². The summed E-state index contributed by atoms with van der Waals surface area (Å²) < 4.78 is 11.4. The quantitative estimate of drug-likeness (QED) is 0.637. The van der Waals surface area contributed by atoms with E-state index in [-0.39, 0.29) is 37.7 Å². The minimum atomic E-state index is -0.996. The van der Waals surface area contributed by atoms with E-state index < -0.39 is 35.0 Å². The third-order valence-electron chi connectivity index (χ3n) is 5.66. The molecule has 3 aliphatic rings. The van der Waals surface area contributed by atoms with Crippen LogP contribution in [0, 0.1) is 11.8 Å². The average Bonchev–Trinajstić information content (AvgIpc) is 3.19. The van der Waals surface area contributed by atoms with Crippen LogP contribution in [0.1, 0.15) is 47.0 Å². The Morgan fingerprint density at radius 1 is 1.41 bits per heavy atom. The van der Waals surface area contributed by atoms with Gasteiger partial charge in [0.1, 0.15) is 11.6 Å². The van der Waals surface area contributed by atoms with Crippen molar-refractivity contribution in [3.63, 3.8) is 0 Å². The summed E-state index contributed by atoms with van der Waals surface area (Å²) in [5, 5.41) is 12.2. The van der Waals surface area contributed by atoms with Crippen LogP contribution < -0.4 is 5.32 Å². The van der Waals surface area contributed by atoms with Crippen LogP contribution in [-0.2, 0) is 23.9 Å². The molecule has 0 unspecified atom stereocenters. The summed E-state index contributed by atoms with van der Waals surface area (Å²) in [7, 11) is 0. The van der Waals surface area contributed by atoms with E-state index in [4.69, 9.17) is 9.47 Å². The molecule has 3 aliphatic heterocycles. The van der Waals surface area contributed by atoms with Crippen LogP contribution in [0.25, 0.3) is 0 Å². The summed E-state index contributed by atoms with van der Waals surface area (Å²) in [6, 6.07) is -0.801. The molecule has 0 aromatic heterocycles. The highest BCUT2D eigenvalue weighted by Gasteiger charge is 2.74. The molecule has 2 N–H and O–H groups in total. The van der Waals surface area contributed by atoms with Gasteiger partial charge in [-0.05, 0) is 47.0 Å².